The molecule has 1 aromatic heterocycles. The van der Waals surface area contributed by atoms with Crippen LogP contribution in [0.15, 0.2) is 23.0 Å². The molecule has 1 spiro atoms. The van der Waals surface area contributed by atoms with Crippen molar-refractivity contribution in [3.63, 3.8) is 0 Å². The van der Waals surface area contributed by atoms with Crippen LogP contribution in [0.1, 0.15) is 25.8 Å². The van der Waals surface area contributed by atoms with Crippen LogP contribution < -0.4 is 10.6 Å². The molecule has 2 aliphatic heterocycles. The van der Waals surface area contributed by atoms with Gasteiger partial charge in [-0.25, -0.2) is 4.79 Å². The van der Waals surface area contributed by atoms with Crippen molar-refractivity contribution >= 4 is 11.9 Å². The molecule has 0 bridgehead atoms. The van der Waals surface area contributed by atoms with Crippen LogP contribution in [0, 0.1) is 5.41 Å². The van der Waals surface area contributed by atoms with Crippen LogP contribution in [0.2, 0.25) is 0 Å². The third-order valence-electron chi connectivity index (χ3n) is 4.65. The van der Waals surface area contributed by atoms with Crippen LogP contribution in [-0.4, -0.2) is 60.5 Å². The van der Waals surface area contributed by atoms with Gasteiger partial charge >= 0.3 is 6.03 Å². The molecule has 1 aromatic rings. The number of urea groups is 1. The minimum absolute atomic E-state index is 0.0473. The Morgan fingerprint density at radius 2 is 2.25 bits per heavy atom. The number of carbonyl (C=O) groups is 2. The van der Waals surface area contributed by atoms with E-state index in [0.717, 1.165) is 25.2 Å². The first-order valence-corrected chi connectivity index (χ1v) is 8.51. The predicted molar refractivity (Wildman–Crippen MR) is 89.3 cm³/mol. The van der Waals surface area contributed by atoms with Crippen molar-refractivity contribution in [2.24, 2.45) is 5.41 Å². The summed E-state index contributed by atoms with van der Waals surface area (Å²) in [6.07, 6.45) is 3.89. The molecular weight excluding hydrogens is 308 g/mol. The van der Waals surface area contributed by atoms with Crippen molar-refractivity contribution in [1.29, 1.82) is 0 Å². The van der Waals surface area contributed by atoms with E-state index >= 15 is 0 Å². The van der Waals surface area contributed by atoms with E-state index < -0.39 is 0 Å². The Balaban J connectivity index is 1.75. The molecule has 24 heavy (non-hydrogen) atoms. The molecule has 3 rings (SSSR count). The van der Waals surface area contributed by atoms with Gasteiger partial charge in [-0.1, -0.05) is 0 Å². The van der Waals surface area contributed by atoms with Crippen molar-refractivity contribution in [3.05, 3.63) is 24.2 Å². The molecule has 2 N–H and O–H groups in total. The Kier molecular flexibility index (Phi) is 4.80. The smallest absolute Gasteiger partial charge is 0.317 e. The first-order chi connectivity index (χ1) is 11.5. The summed E-state index contributed by atoms with van der Waals surface area (Å²) in [7, 11) is 0. The third-order valence-corrected chi connectivity index (χ3v) is 4.65. The molecule has 2 fully saturated rings. The van der Waals surface area contributed by atoms with Gasteiger partial charge in [-0.05, 0) is 19.9 Å². The lowest BCUT2D eigenvalue weighted by Gasteiger charge is -2.33. The summed E-state index contributed by atoms with van der Waals surface area (Å²) in [5, 5.41) is 5.91. The minimum atomic E-state index is -0.217. The predicted octanol–water partition coefficient (Wildman–Crippen LogP) is 1.02. The van der Waals surface area contributed by atoms with E-state index in [1.165, 1.54) is 0 Å². The second-order valence-corrected chi connectivity index (χ2v) is 7.32. The third kappa shape index (κ3) is 3.90. The molecule has 3 heterocycles. The average Bonchev–Trinajstić information content (AvgIpc) is 3.08. The molecule has 0 radical (unpaired) electrons. The zero-order valence-corrected chi connectivity index (χ0v) is 14.4. The largest absolute Gasteiger partial charge is 0.472 e. The second-order valence-electron chi connectivity index (χ2n) is 7.32. The topological polar surface area (TPSA) is 77.8 Å². The van der Waals surface area contributed by atoms with Crippen LogP contribution in [0.5, 0.6) is 0 Å². The Bertz CT molecular complexity index is 587. The molecule has 0 unspecified atom stereocenters. The van der Waals surface area contributed by atoms with Gasteiger partial charge in [0.2, 0.25) is 5.91 Å². The van der Waals surface area contributed by atoms with E-state index in [1.54, 1.807) is 12.5 Å². The number of hydrogen-bond acceptors (Lipinski definition) is 4. The standard InChI is InChI=1S/C17H26N4O3/c1-13(2)19-16(23)21-5-4-20(8-14-3-6-24-9-14)11-17(12-21)7-15(22)18-10-17/h3,6,9,13H,4-5,7-8,10-12H2,1-2H3,(H,18,22)(H,19,23)/t17-/m0/s1. The number of amides is 3. The first kappa shape index (κ1) is 16.8. The molecular formula is C17H26N4O3. The average molecular weight is 334 g/mol. The van der Waals surface area contributed by atoms with Gasteiger partial charge in [0.05, 0.1) is 12.5 Å². The van der Waals surface area contributed by atoms with E-state index in [4.69, 9.17) is 4.42 Å². The van der Waals surface area contributed by atoms with E-state index in [-0.39, 0.29) is 23.4 Å². The van der Waals surface area contributed by atoms with Crippen molar-refractivity contribution < 1.29 is 14.0 Å². The maximum absolute atomic E-state index is 12.5. The molecule has 7 nitrogen and oxygen atoms in total. The molecule has 1 atom stereocenters. The van der Waals surface area contributed by atoms with Crippen molar-refractivity contribution in [3.8, 4) is 0 Å². The number of nitrogens with one attached hydrogen (secondary N) is 2. The summed E-state index contributed by atoms with van der Waals surface area (Å²) in [6.45, 7) is 8.15. The first-order valence-electron chi connectivity index (χ1n) is 8.51. The normalized spacial score (nSPS) is 25.1. The van der Waals surface area contributed by atoms with Crippen LogP contribution in [0.3, 0.4) is 0 Å². The van der Waals surface area contributed by atoms with Gasteiger partial charge in [0.1, 0.15) is 0 Å². The Morgan fingerprint density at radius 3 is 2.88 bits per heavy atom. The van der Waals surface area contributed by atoms with E-state index in [1.807, 2.05) is 24.8 Å². The Morgan fingerprint density at radius 1 is 1.42 bits per heavy atom. The number of rotatable bonds is 3. The Labute approximate surface area is 142 Å². The Hall–Kier alpha value is -2.02. The summed E-state index contributed by atoms with van der Waals surface area (Å²) in [5.41, 5.74) is 0.897. The van der Waals surface area contributed by atoms with Crippen molar-refractivity contribution in [2.75, 3.05) is 32.7 Å². The van der Waals surface area contributed by atoms with Gasteiger partial charge in [-0.2, -0.15) is 0 Å². The second kappa shape index (κ2) is 6.84. The molecule has 7 heteroatoms. The van der Waals surface area contributed by atoms with Crippen LogP contribution in [0.25, 0.3) is 0 Å². The van der Waals surface area contributed by atoms with Gasteiger partial charge in [0, 0.05) is 62.7 Å². The van der Waals surface area contributed by atoms with E-state index in [2.05, 4.69) is 15.5 Å². The number of nitrogens with zero attached hydrogens (tertiary/aromatic N) is 2. The van der Waals surface area contributed by atoms with Crippen LogP contribution in [-0.2, 0) is 11.3 Å². The monoisotopic (exact) mass is 334 g/mol. The quantitative estimate of drug-likeness (QED) is 0.865. The molecule has 0 saturated carbocycles. The number of hydrogen-bond donors (Lipinski definition) is 2. The zero-order chi connectivity index (χ0) is 17.2. The van der Waals surface area contributed by atoms with Crippen LogP contribution in [0.4, 0.5) is 4.79 Å². The molecule has 0 aromatic carbocycles. The number of carbonyl (C=O) groups excluding carboxylic acids is 2. The van der Waals surface area contributed by atoms with Gasteiger partial charge in [0.15, 0.2) is 0 Å². The fraction of sp³-hybridized carbons (Fsp3) is 0.647. The van der Waals surface area contributed by atoms with Crippen molar-refractivity contribution in [1.82, 2.24) is 20.4 Å². The summed E-state index contributed by atoms with van der Waals surface area (Å²) in [5.74, 6) is 0.0735. The maximum Gasteiger partial charge on any atom is 0.317 e. The van der Waals surface area contributed by atoms with E-state index in [0.29, 0.717) is 26.1 Å². The summed E-state index contributed by atoms with van der Waals surface area (Å²) >= 11 is 0. The molecule has 2 aliphatic rings. The molecule has 0 aliphatic carbocycles. The lowest BCUT2D eigenvalue weighted by atomic mass is 9.86. The van der Waals surface area contributed by atoms with Crippen LogP contribution >= 0.6 is 0 Å². The van der Waals surface area contributed by atoms with E-state index in [9.17, 15) is 9.59 Å². The fourth-order valence-electron chi connectivity index (χ4n) is 3.61. The zero-order valence-electron chi connectivity index (χ0n) is 14.4. The van der Waals surface area contributed by atoms with Gasteiger partial charge in [0.25, 0.3) is 0 Å². The highest BCUT2D eigenvalue weighted by Crippen LogP contribution is 2.31. The molecule has 132 valence electrons. The van der Waals surface area contributed by atoms with Gasteiger partial charge in [-0.15, -0.1) is 0 Å². The molecule has 3 amide bonds. The summed E-state index contributed by atoms with van der Waals surface area (Å²) in [4.78, 5) is 28.5. The maximum atomic E-state index is 12.5. The highest BCUT2D eigenvalue weighted by molar-refractivity contribution is 5.80. The minimum Gasteiger partial charge on any atom is -0.472 e. The number of furan rings is 1. The summed E-state index contributed by atoms with van der Waals surface area (Å²) < 4.78 is 5.16. The van der Waals surface area contributed by atoms with Crippen molar-refractivity contribution in [2.45, 2.75) is 32.9 Å². The fourth-order valence-corrected chi connectivity index (χ4v) is 3.61. The van der Waals surface area contributed by atoms with Gasteiger partial charge < -0.3 is 20.0 Å². The van der Waals surface area contributed by atoms with Gasteiger partial charge in [-0.3, -0.25) is 9.69 Å². The lowest BCUT2D eigenvalue weighted by molar-refractivity contribution is -0.119. The highest BCUT2D eigenvalue weighted by Gasteiger charge is 2.43. The SMILES string of the molecule is CC(C)NC(=O)N1CCN(Cc2ccoc2)C[C@]2(CNC(=O)C2)C1. The molecule has 2 saturated heterocycles. The lowest BCUT2D eigenvalue weighted by Crippen LogP contribution is -2.48. The highest BCUT2D eigenvalue weighted by atomic mass is 16.3. The summed E-state index contributed by atoms with van der Waals surface area (Å²) in [6, 6.07) is 2.01.